The van der Waals surface area contributed by atoms with Crippen LogP contribution in [0.1, 0.15) is 16.2 Å². The van der Waals surface area contributed by atoms with Crippen LogP contribution in [0.5, 0.6) is 0 Å². The van der Waals surface area contributed by atoms with Crippen molar-refractivity contribution in [2.75, 3.05) is 26.3 Å². The molecular formula is C13H14N2O3. The molecular weight excluding hydrogens is 232 g/mol. The minimum absolute atomic E-state index is 0.0889. The summed E-state index contributed by atoms with van der Waals surface area (Å²) in [7, 11) is 0. The fourth-order valence-corrected chi connectivity index (χ4v) is 2.05. The molecule has 1 aliphatic rings. The van der Waals surface area contributed by atoms with E-state index in [-0.39, 0.29) is 5.91 Å². The number of furan rings is 1. The average Bonchev–Trinajstić information content (AvgIpc) is 2.81. The number of nitrogens with zero attached hydrogens (tertiary/aromatic N) is 2. The van der Waals surface area contributed by atoms with E-state index in [9.17, 15) is 4.79 Å². The summed E-state index contributed by atoms with van der Waals surface area (Å²) in [6, 6.07) is 5.42. The number of amides is 1. The van der Waals surface area contributed by atoms with E-state index in [4.69, 9.17) is 9.15 Å². The highest BCUT2D eigenvalue weighted by Crippen LogP contribution is 2.19. The normalized spacial score (nSPS) is 16.2. The summed E-state index contributed by atoms with van der Waals surface area (Å²) in [4.78, 5) is 18.3. The quantitative estimate of drug-likeness (QED) is 0.767. The maximum atomic E-state index is 12.2. The number of carbonyl (C=O) groups is 1. The van der Waals surface area contributed by atoms with Crippen LogP contribution in [0.15, 0.2) is 22.6 Å². The number of morpholine rings is 1. The summed E-state index contributed by atoms with van der Waals surface area (Å²) in [5.41, 5.74) is 2.29. The second-order valence-corrected chi connectivity index (χ2v) is 4.35. The van der Waals surface area contributed by atoms with Gasteiger partial charge in [-0.05, 0) is 19.1 Å². The van der Waals surface area contributed by atoms with E-state index in [1.807, 2.05) is 19.1 Å². The summed E-state index contributed by atoms with van der Waals surface area (Å²) in [5, 5.41) is 0. The van der Waals surface area contributed by atoms with Crippen molar-refractivity contribution in [3.8, 4) is 0 Å². The highest BCUT2D eigenvalue weighted by atomic mass is 16.5. The van der Waals surface area contributed by atoms with Crippen LogP contribution in [0.4, 0.5) is 0 Å². The molecule has 1 saturated heterocycles. The fourth-order valence-electron chi connectivity index (χ4n) is 2.05. The maximum Gasteiger partial charge on any atom is 0.289 e. The third kappa shape index (κ3) is 1.97. The van der Waals surface area contributed by atoms with Crippen LogP contribution >= 0.6 is 0 Å². The minimum Gasteiger partial charge on any atom is -0.449 e. The van der Waals surface area contributed by atoms with Crippen molar-refractivity contribution in [2.24, 2.45) is 0 Å². The fraction of sp³-hybridized carbons (Fsp3) is 0.385. The van der Waals surface area contributed by atoms with Gasteiger partial charge in [0, 0.05) is 24.8 Å². The zero-order valence-corrected chi connectivity index (χ0v) is 10.2. The van der Waals surface area contributed by atoms with Crippen molar-refractivity contribution in [3.05, 3.63) is 29.7 Å². The van der Waals surface area contributed by atoms with Gasteiger partial charge >= 0.3 is 0 Å². The standard InChI is InChI=1S/C13H14N2O3/c1-9-2-3-11-10(14-9)8-12(18-11)13(16)15-4-6-17-7-5-15/h2-3,8H,4-7H2,1H3. The van der Waals surface area contributed by atoms with Crippen molar-refractivity contribution < 1.29 is 13.9 Å². The lowest BCUT2D eigenvalue weighted by Crippen LogP contribution is -2.40. The summed E-state index contributed by atoms with van der Waals surface area (Å²) < 4.78 is 10.8. The average molecular weight is 246 g/mol. The molecule has 5 nitrogen and oxygen atoms in total. The number of aryl methyl sites for hydroxylation is 1. The van der Waals surface area contributed by atoms with Crippen molar-refractivity contribution in [1.29, 1.82) is 0 Å². The van der Waals surface area contributed by atoms with Gasteiger partial charge in [-0.15, -0.1) is 0 Å². The minimum atomic E-state index is -0.0889. The van der Waals surface area contributed by atoms with Gasteiger partial charge in [-0.1, -0.05) is 0 Å². The first-order valence-corrected chi connectivity index (χ1v) is 5.98. The largest absolute Gasteiger partial charge is 0.449 e. The Kier molecular flexibility index (Phi) is 2.76. The first-order chi connectivity index (χ1) is 8.74. The molecule has 0 spiro atoms. The number of rotatable bonds is 1. The van der Waals surface area contributed by atoms with E-state index < -0.39 is 0 Å². The number of hydrogen-bond acceptors (Lipinski definition) is 4. The molecule has 1 amide bonds. The first-order valence-electron chi connectivity index (χ1n) is 5.98. The molecule has 3 heterocycles. The molecule has 94 valence electrons. The Hall–Kier alpha value is -1.88. The van der Waals surface area contributed by atoms with Crippen LogP contribution in [-0.4, -0.2) is 42.1 Å². The van der Waals surface area contributed by atoms with Crippen LogP contribution in [0.3, 0.4) is 0 Å². The van der Waals surface area contributed by atoms with Crippen LogP contribution in [0.25, 0.3) is 11.1 Å². The molecule has 0 atom stereocenters. The number of pyridine rings is 1. The zero-order chi connectivity index (χ0) is 12.5. The molecule has 0 aromatic carbocycles. The smallest absolute Gasteiger partial charge is 0.289 e. The monoisotopic (exact) mass is 246 g/mol. The molecule has 2 aromatic rings. The molecule has 0 aliphatic carbocycles. The van der Waals surface area contributed by atoms with Gasteiger partial charge in [-0.25, -0.2) is 4.98 Å². The van der Waals surface area contributed by atoms with E-state index in [1.54, 1.807) is 11.0 Å². The maximum absolute atomic E-state index is 12.2. The van der Waals surface area contributed by atoms with E-state index in [0.717, 1.165) is 11.2 Å². The van der Waals surface area contributed by atoms with E-state index >= 15 is 0 Å². The van der Waals surface area contributed by atoms with E-state index in [0.29, 0.717) is 37.6 Å². The third-order valence-electron chi connectivity index (χ3n) is 3.02. The molecule has 0 bridgehead atoms. The van der Waals surface area contributed by atoms with Gasteiger partial charge in [0.05, 0.1) is 13.2 Å². The van der Waals surface area contributed by atoms with Crippen molar-refractivity contribution >= 4 is 17.0 Å². The van der Waals surface area contributed by atoms with Crippen molar-refractivity contribution in [1.82, 2.24) is 9.88 Å². The molecule has 0 saturated carbocycles. The summed E-state index contributed by atoms with van der Waals surface area (Å²) >= 11 is 0. The van der Waals surface area contributed by atoms with Gasteiger partial charge in [0.15, 0.2) is 11.3 Å². The Bertz CT molecular complexity index is 585. The van der Waals surface area contributed by atoms with Crippen LogP contribution in [0.2, 0.25) is 0 Å². The topological polar surface area (TPSA) is 55.6 Å². The second kappa shape index (κ2) is 4.42. The third-order valence-corrected chi connectivity index (χ3v) is 3.02. The second-order valence-electron chi connectivity index (χ2n) is 4.35. The predicted octanol–water partition coefficient (Wildman–Crippen LogP) is 1.61. The van der Waals surface area contributed by atoms with E-state index in [1.165, 1.54) is 0 Å². The molecule has 1 aliphatic heterocycles. The van der Waals surface area contributed by atoms with Gasteiger partial charge in [0.25, 0.3) is 5.91 Å². The van der Waals surface area contributed by atoms with Gasteiger partial charge in [0.2, 0.25) is 0 Å². The molecule has 0 N–H and O–H groups in total. The van der Waals surface area contributed by atoms with Crippen LogP contribution < -0.4 is 0 Å². The molecule has 1 fully saturated rings. The highest BCUT2D eigenvalue weighted by Gasteiger charge is 2.22. The summed E-state index contributed by atoms with van der Waals surface area (Å²) in [5.74, 6) is 0.263. The molecule has 3 rings (SSSR count). The number of ether oxygens (including phenoxy) is 1. The predicted molar refractivity (Wildman–Crippen MR) is 65.5 cm³/mol. The zero-order valence-electron chi connectivity index (χ0n) is 10.2. The van der Waals surface area contributed by atoms with Gasteiger partial charge in [-0.3, -0.25) is 4.79 Å². The van der Waals surface area contributed by atoms with Crippen molar-refractivity contribution in [2.45, 2.75) is 6.92 Å². The Balaban J connectivity index is 1.91. The lowest BCUT2D eigenvalue weighted by molar-refractivity contribution is 0.0284. The molecule has 2 aromatic heterocycles. The number of fused-ring (bicyclic) bond motifs is 1. The van der Waals surface area contributed by atoms with Crippen LogP contribution in [-0.2, 0) is 4.74 Å². The SMILES string of the molecule is Cc1ccc2oc(C(=O)N3CCOCC3)cc2n1. The lowest BCUT2D eigenvalue weighted by atomic mass is 10.3. The molecule has 0 unspecified atom stereocenters. The molecule has 0 radical (unpaired) electrons. The molecule has 18 heavy (non-hydrogen) atoms. The first kappa shape index (κ1) is 11.2. The van der Waals surface area contributed by atoms with Gasteiger partial charge in [0.1, 0.15) is 5.52 Å². The Labute approximate surface area is 104 Å². The Morgan fingerprint density at radius 2 is 2.11 bits per heavy atom. The van der Waals surface area contributed by atoms with Gasteiger partial charge < -0.3 is 14.1 Å². The number of hydrogen-bond donors (Lipinski definition) is 0. The summed E-state index contributed by atoms with van der Waals surface area (Å²) in [6.45, 7) is 4.31. The Morgan fingerprint density at radius 3 is 2.89 bits per heavy atom. The summed E-state index contributed by atoms with van der Waals surface area (Å²) in [6.07, 6.45) is 0. The van der Waals surface area contributed by atoms with Crippen LogP contribution in [0, 0.1) is 6.92 Å². The Morgan fingerprint density at radius 1 is 1.33 bits per heavy atom. The number of carbonyl (C=O) groups excluding carboxylic acids is 1. The van der Waals surface area contributed by atoms with E-state index in [2.05, 4.69) is 4.98 Å². The molecule has 5 heteroatoms. The lowest BCUT2D eigenvalue weighted by Gasteiger charge is -2.25. The van der Waals surface area contributed by atoms with Crippen molar-refractivity contribution in [3.63, 3.8) is 0 Å². The highest BCUT2D eigenvalue weighted by molar-refractivity contribution is 5.95. The van der Waals surface area contributed by atoms with Gasteiger partial charge in [-0.2, -0.15) is 0 Å². The number of aromatic nitrogens is 1.